The average Bonchev–Trinajstić information content (AvgIpc) is 2.74. The van der Waals surface area contributed by atoms with E-state index in [0.29, 0.717) is 13.2 Å². The second-order valence-electron chi connectivity index (χ2n) is 3.93. The lowest BCUT2D eigenvalue weighted by Crippen LogP contribution is -2.36. The van der Waals surface area contributed by atoms with Gasteiger partial charge in [0.15, 0.2) is 0 Å². The van der Waals surface area contributed by atoms with Gasteiger partial charge in [-0.05, 0) is 11.1 Å². The maximum Gasteiger partial charge on any atom is 0.408 e. The Labute approximate surface area is 100 Å². The zero-order valence-corrected chi connectivity index (χ0v) is 9.52. The first-order valence-electron chi connectivity index (χ1n) is 5.48. The van der Waals surface area contributed by atoms with Crippen LogP contribution in [0.4, 0.5) is 4.79 Å². The normalized spacial score (nSPS) is 19.1. The zero-order chi connectivity index (χ0) is 12.1. The molecule has 1 fully saturated rings. The lowest BCUT2D eigenvalue weighted by atomic mass is 10.2. The van der Waals surface area contributed by atoms with E-state index in [1.165, 1.54) is 0 Å². The highest BCUT2D eigenvalue weighted by Crippen LogP contribution is 2.10. The standard InChI is InChI=1S/C13H15NO3/c1-10-7-16-9-12(10)14-13(15)17-8-11-5-3-2-4-6-11/h2-6,12H,1,7-9H2,(H,14,15). The average molecular weight is 233 g/mol. The van der Waals surface area contributed by atoms with Crippen molar-refractivity contribution in [3.63, 3.8) is 0 Å². The molecule has 1 atom stereocenters. The molecule has 0 saturated carbocycles. The summed E-state index contributed by atoms with van der Waals surface area (Å²) < 4.78 is 10.3. The Morgan fingerprint density at radius 2 is 2.24 bits per heavy atom. The minimum absolute atomic E-state index is 0.127. The molecule has 1 unspecified atom stereocenters. The van der Waals surface area contributed by atoms with Crippen molar-refractivity contribution in [1.29, 1.82) is 0 Å². The Kier molecular flexibility index (Phi) is 3.77. The van der Waals surface area contributed by atoms with Gasteiger partial charge >= 0.3 is 6.09 Å². The molecule has 0 bridgehead atoms. The van der Waals surface area contributed by atoms with E-state index in [1.54, 1.807) is 0 Å². The zero-order valence-electron chi connectivity index (χ0n) is 9.52. The van der Waals surface area contributed by atoms with Crippen LogP contribution in [0.5, 0.6) is 0 Å². The van der Waals surface area contributed by atoms with Crippen molar-refractivity contribution < 1.29 is 14.3 Å². The quantitative estimate of drug-likeness (QED) is 0.811. The van der Waals surface area contributed by atoms with E-state index in [-0.39, 0.29) is 12.6 Å². The maximum atomic E-state index is 11.5. The van der Waals surface area contributed by atoms with Gasteiger partial charge in [-0.3, -0.25) is 0 Å². The van der Waals surface area contributed by atoms with Crippen LogP contribution in [0.3, 0.4) is 0 Å². The fourth-order valence-electron chi connectivity index (χ4n) is 1.58. The second kappa shape index (κ2) is 5.50. The van der Waals surface area contributed by atoms with Crippen LogP contribution < -0.4 is 5.32 Å². The summed E-state index contributed by atoms with van der Waals surface area (Å²) >= 11 is 0. The third-order valence-corrected chi connectivity index (χ3v) is 2.57. The van der Waals surface area contributed by atoms with Crippen molar-refractivity contribution in [2.45, 2.75) is 12.6 Å². The van der Waals surface area contributed by atoms with Crippen LogP contribution >= 0.6 is 0 Å². The molecule has 0 radical (unpaired) electrons. The van der Waals surface area contributed by atoms with Gasteiger partial charge in [-0.1, -0.05) is 36.9 Å². The molecular formula is C13H15NO3. The topological polar surface area (TPSA) is 47.6 Å². The first-order chi connectivity index (χ1) is 8.25. The molecule has 1 saturated heterocycles. The van der Waals surface area contributed by atoms with Crippen molar-refractivity contribution in [3.05, 3.63) is 48.0 Å². The highest BCUT2D eigenvalue weighted by atomic mass is 16.5. The molecule has 0 spiro atoms. The highest BCUT2D eigenvalue weighted by molar-refractivity contribution is 5.68. The molecule has 4 nitrogen and oxygen atoms in total. The number of ether oxygens (including phenoxy) is 2. The molecule has 0 aliphatic carbocycles. The van der Waals surface area contributed by atoms with Crippen molar-refractivity contribution in [2.24, 2.45) is 0 Å². The molecule has 17 heavy (non-hydrogen) atoms. The van der Waals surface area contributed by atoms with Gasteiger partial charge in [-0.25, -0.2) is 4.79 Å². The van der Waals surface area contributed by atoms with Crippen LogP contribution in [-0.4, -0.2) is 25.3 Å². The SMILES string of the molecule is C=C1COCC1NC(=O)OCc1ccccc1. The van der Waals surface area contributed by atoms with Gasteiger partial charge in [-0.2, -0.15) is 0 Å². The van der Waals surface area contributed by atoms with Gasteiger partial charge in [0.1, 0.15) is 6.61 Å². The number of nitrogens with one attached hydrogen (secondary N) is 1. The summed E-state index contributed by atoms with van der Waals surface area (Å²) in [4.78, 5) is 11.5. The molecule has 1 aliphatic heterocycles. The largest absolute Gasteiger partial charge is 0.445 e. The molecule has 1 aromatic rings. The fraction of sp³-hybridized carbons (Fsp3) is 0.308. The van der Waals surface area contributed by atoms with Gasteiger partial charge in [0, 0.05) is 0 Å². The Morgan fingerprint density at radius 3 is 2.88 bits per heavy atom. The number of hydrogen-bond donors (Lipinski definition) is 1. The molecule has 1 aliphatic rings. The van der Waals surface area contributed by atoms with E-state index in [0.717, 1.165) is 11.1 Å². The Morgan fingerprint density at radius 1 is 1.47 bits per heavy atom. The predicted molar refractivity (Wildman–Crippen MR) is 63.5 cm³/mol. The molecule has 1 amide bonds. The van der Waals surface area contributed by atoms with Gasteiger partial charge in [0.25, 0.3) is 0 Å². The Bertz CT molecular complexity index is 402. The van der Waals surface area contributed by atoms with E-state index >= 15 is 0 Å². The third kappa shape index (κ3) is 3.32. The first-order valence-corrected chi connectivity index (χ1v) is 5.48. The van der Waals surface area contributed by atoms with Crippen molar-refractivity contribution >= 4 is 6.09 Å². The summed E-state index contributed by atoms with van der Waals surface area (Å²) in [5, 5.41) is 2.71. The van der Waals surface area contributed by atoms with Crippen molar-refractivity contribution in [2.75, 3.05) is 13.2 Å². The fourth-order valence-corrected chi connectivity index (χ4v) is 1.58. The summed E-state index contributed by atoms with van der Waals surface area (Å²) in [6, 6.07) is 9.42. The molecule has 4 heteroatoms. The number of carbonyl (C=O) groups excluding carboxylic acids is 1. The van der Waals surface area contributed by atoms with E-state index < -0.39 is 6.09 Å². The van der Waals surface area contributed by atoms with E-state index in [2.05, 4.69) is 11.9 Å². The molecule has 1 N–H and O–H groups in total. The van der Waals surface area contributed by atoms with E-state index in [1.807, 2.05) is 30.3 Å². The number of amides is 1. The van der Waals surface area contributed by atoms with Crippen LogP contribution in [0, 0.1) is 0 Å². The Balaban J connectivity index is 1.76. The molecular weight excluding hydrogens is 218 g/mol. The lowest BCUT2D eigenvalue weighted by molar-refractivity contribution is 0.132. The van der Waals surface area contributed by atoms with E-state index in [9.17, 15) is 4.79 Å². The first kappa shape index (κ1) is 11.7. The summed E-state index contributed by atoms with van der Waals surface area (Å²) in [7, 11) is 0. The number of benzene rings is 1. The molecule has 1 heterocycles. The predicted octanol–water partition coefficient (Wildman–Crippen LogP) is 1.87. The number of hydrogen-bond acceptors (Lipinski definition) is 3. The number of rotatable bonds is 3. The van der Waals surface area contributed by atoms with Gasteiger partial charge in [-0.15, -0.1) is 0 Å². The van der Waals surface area contributed by atoms with Gasteiger partial charge in [0.2, 0.25) is 0 Å². The van der Waals surface area contributed by atoms with Crippen LogP contribution in [0.2, 0.25) is 0 Å². The highest BCUT2D eigenvalue weighted by Gasteiger charge is 2.22. The Hall–Kier alpha value is -1.81. The smallest absolute Gasteiger partial charge is 0.408 e. The van der Waals surface area contributed by atoms with Gasteiger partial charge in [0.05, 0.1) is 19.3 Å². The molecule has 90 valence electrons. The minimum Gasteiger partial charge on any atom is -0.445 e. The van der Waals surface area contributed by atoms with Crippen LogP contribution in [0.25, 0.3) is 0 Å². The summed E-state index contributed by atoms with van der Waals surface area (Å²) in [6.45, 7) is 5.06. The summed E-state index contributed by atoms with van der Waals surface area (Å²) in [6.07, 6.45) is -0.439. The molecule has 0 aromatic heterocycles. The third-order valence-electron chi connectivity index (χ3n) is 2.57. The lowest BCUT2D eigenvalue weighted by Gasteiger charge is -2.12. The van der Waals surface area contributed by atoms with Crippen molar-refractivity contribution in [1.82, 2.24) is 5.32 Å². The van der Waals surface area contributed by atoms with Gasteiger partial charge < -0.3 is 14.8 Å². The maximum absolute atomic E-state index is 11.5. The minimum atomic E-state index is -0.439. The van der Waals surface area contributed by atoms with Crippen molar-refractivity contribution in [3.8, 4) is 0 Å². The summed E-state index contributed by atoms with van der Waals surface area (Å²) in [5.41, 5.74) is 1.84. The van der Waals surface area contributed by atoms with Crippen LogP contribution in [0.1, 0.15) is 5.56 Å². The van der Waals surface area contributed by atoms with Crippen LogP contribution in [-0.2, 0) is 16.1 Å². The van der Waals surface area contributed by atoms with Crippen LogP contribution in [0.15, 0.2) is 42.5 Å². The second-order valence-corrected chi connectivity index (χ2v) is 3.93. The van der Waals surface area contributed by atoms with E-state index in [4.69, 9.17) is 9.47 Å². The molecule has 2 rings (SSSR count). The number of carbonyl (C=O) groups is 1. The summed E-state index contributed by atoms with van der Waals surface area (Å²) in [5.74, 6) is 0. The monoisotopic (exact) mass is 233 g/mol. The number of alkyl carbamates (subject to hydrolysis) is 1. The molecule has 1 aromatic carbocycles.